The molecule has 0 saturated heterocycles. The lowest BCUT2D eigenvalue weighted by Crippen LogP contribution is -2.19. The lowest BCUT2D eigenvalue weighted by Gasteiger charge is -2.15. The van der Waals surface area contributed by atoms with Crippen molar-refractivity contribution in [1.82, 2.24) is 5.32 Å². The van der Waals surface area contributed by atoms with E-state index in [1.54, 1.807) is 0 Å². The van der Waals surface area contributed by atoms with Crippen LogP contribution in [0.2, 0.25) is 0 Å². The van der Waals surface area contributed by atoms with Gasteiger partial charge in [0.05, 0.1) is 13.2 Å². The van der Waals surface area contributed by atoms with Crippen molar-refractivity contribution in [2.45, 2.75) is 41.2 Å². The minimum absolute atomic E-state index is 0. The molecule has 0 atom stereocenters. The largest absolute Gasteiger partial charge is 0.490 e. The maximum absolute atomic E-state index is 5.80. The molecule has 0 radical (unpaired) electrons. The number of ether oxygens (including phenoxy) is 2. The Balaban J connectivity index is 0.00000400. The lowest BCUT2D eigenvalue weighted by molar-refractivity contribution is 0.248. The van der Waals surface area contributed by atoms with Crippen LogP contribution in [-0.2, 0) is 6.54 Å². The van der Waals surface area contributed by atoms with Crippen LogP contribution in [-0.4, -0.2) is 19.8 Å². The van der Waals surface area contributed by atoms with Gasteiger partial charge in [-0.25, -0.2) is 0 Å². The summed E-state index contributed by atoms with van der Waals surface area (Å²) in [6.07, 6.45) is 0. The summed E-state index contributed by atoms with van der Waals surface area (Å²) >= 11 is 0. The second-order valence-corrected chi connectivity index (χ2v) is 5.94. The Bertz CT molecular complexity index is 394. The van der Waals surface area contributed by atoms with Crippen LogP contribution in [0, 0.1) is 11.8 Å². The number of hydrogen-bond acceptors (Lipinski definition) is 3. The molecule has 0 bridgehead atoms. The molecule has 0 fully saturated rings. The first-order chi connectivity index (χ1) is 9.52. The molecule has 1 N–H and O–H groups in total. The number of hydrogen-bond donors (Lipinski definition) is 1. The van der Waals surface area contributed by atoms with Crippen LogP contribution in [0.25, 0.3) is 0 Å². The van der Waals surface area contributed by atoms with Crippen LogP contribution in [0.5, 0.6) is 11.5 Å². The molecule has 0 aliphatic rings. The van der Waals surface area contributed by atoms with Crippen molar-refractivity contribution in [3.63, 3.8) is 0 Å². The maximum atomic E-state index is 5.80. The molecule has 0 amide bonds. The lowest BCUT2D eigenvalue weighted by atomic mass is 10.1. The maximum Gasteiger partial charge on any atom is 0.161 e. The van der Waals surface area contributed by atoms with E-state index >= 15 is 0 Å². The van der Waals surface area contributed by atoms with Gasteiger partial charge in [-0.1, -0.05) is 33.8 Å². The third kappa shape index (κ3) is 8.18. The van der Waals surface area contributed by atoms with Crippen LogP contribution in [0.15, 0.2) is 18.2 Å². The quantitative estimate of drug-likeness (QED) is 0.737. The Labute approximate surface area is 135 Å². The van der Waals surface area contributed by atoms with Gasteiger partial charge in [0.15, 0.2) is 11.5 Å². The van der Waals surface area contributed by atoms with Crippen LogP contribution in [0.3, 0.4) is 0 Å². The van der Waals surface area contributed by atoms with E-state index in [4.69, 9.17) is 9.47 Å². The first kappa shape index (κ1) is 20.1. The van der Waals surface area contributed by atoms with E-state index in [-0.39, 0.29) is 12.4 Å². The second kappa shape index (κ2) is 10.7. The number of nitrogens with one attached hydrogen (secondary N) is 1. The Morgan fingerprint density at radius 3 is 2.29 bits per heavy atom. The van der Waals surface area contributed by atoms with E-state index in [9.17, 15) is 0 Å². The molecule has 0 aliphatic heterocycles. The Morgan fingerprint density at radius 1 is 1.00 bits per heavy atom. The fourth-order valence-electron chi connectivity index (χ4n) is 1.81. The predicted molar refractivity (Wildman–Crippen MR) is 91.7 cm³/mol. The fraction of sp³-hybridized carbons (Fsp3) is 0.647. The van der Waals surface area contributed by atoms with E-state index in [0.29, 0.717) is 25.0 Å². The standard InChI is InChI=1S/C17H29NO2.ClH/c1-6-19-17-9-15(11-18-10-13(2)3)7-8-16(17)20-12-14(4)5;/h7-9,13-14,18H,6,10-12H2,1-5H3;1H. The molecular formula is C17H30ClNO2. The topological polar surface area (TPSA) is 30.5 Å². The van der Waals surface area contributed by atoms with Gasteiger partial charge in [0, 0.05) is 6.54 Å². The van der Waals surface area contributed by atoms with Gasteiger partial charge in [-0.05, 0) is 43.0 Å². The van der Waals surface area contributed by atoms with Crippen LogP contribution in [0.1, 0.15) is 40.2 Å². The minimum Gasteiger partial charge on any atom is -0.490 e. The first-order valence-electron chi connectivity index (χ1n) is 7.62. The molecule has 3 nitrogen and oxygen atoms in total. The van der Waals surface area contributed by atoms with Crippen LogP contribution < -0.4 is 14.8 Å². The van der Waals surface area contributed by atoms with Crippen LogP contribution >= 0.6 is 12.4 Å². The average Bonchev–Trinajstić information content (AvgIpc) is 2.37. The van der Waals surface area contributed by atoms with Crippen LogP contribution in [0.4, 0.5) is 0 Å². The molecule has 1 rings (SSSR count). The highest BCUT2D eigenvalue weighted by Crippen LogP contribution is 2.29. The number of rotatable bonds is 9. The molecule has 122 valence electrons. The van der Waals surface area contributed by atoms with Crippen molar-refractivity contribution in [2.75, 3.05) is 19.8 Å². The monoisotopic (exact) mass is 315 g/mol. The molecule has 0 unspecified atom stereocenters. The summed E-state index contributed by atoms with van der Waals surface area (Å²) < 4.78 is 11.5. The van der Waals surface area contributed by atoms with Crippen molar-refractivity contribution < 1.29 is 9.47 Å². The average molecular weight is 316 g/mol. The molecule has 1 aromatic rings. The minimum atomic E-state index is 0. The summed E-state index contributed by atoms with van der Waals surface area (Å²) in [5, 5.41) is 3.44. The van der Waals surface area contributed by atoms with Crippen molar-refractivity contribution in [1.29, 1.82) is 0 Å². The predicted octanol–water partition coefficient (Wildman–Crippen LogP) is 4.29. The van der Waals surface area contributed by atoms with Crippen molar-refractivity contribution >= 4 is 12.4 Å². The first-order valence-corrected chi connectivity index (χ1v) is 7.62. The molecule has 21 heavy (non-hydrogen) atoms. The van der Waals surface area contributed by atoms with Crippen molar-refractivity contribution in [2.24, 2.45) is 11.8 Å². The van der Waals surface area contributed by atoms with E-state index in [1.807, 2.05) is 13.0 Å². The van der Waals surface area contributed by atoms with Gasteiger partial charge < -0.3 is 14.8 Å². The Morgan fingerprint density at radius 2 is 1.71 bits per heavy atom. The zero-order valence-corrected chi connectivity index (χ0v) is 14.8. The zero-order valence-electron chi connectivity index (χ0n) is 13.9. The molecule has 1 aromatic carbocycles. The van der Waals surface area contributed by atoms with Crippen molar-refractivity contribution in [3.8, 4) is 11.5 Å². The molecule has 0 spiro atoms. The van der Waals surface area contributed by atoms with E-state index in [2.05, 4.69) is 45.1 Å². The highest BCUT2D eigenvalue weighted by atomic mass is 35.5. The SMILES string of the molecule is CCOc1cc(CNCC(C)C)ccc1OCC(C)C.Cl. The molecule has 0 saturated carbocycles. The van der Waals surface area contributed by atoms with E-state index < -0.39 is 0 Å². The fourth-order valence-corrected chi connectivity index (χ4v) is 1.81. The van der Waals surface area contributed by atoms with E-state index in [1.165, 1.54) is 5.56 Å². The van der Waals surface area contributed by atoms with Gasteiger partial charge in [0.25, 0.3) is 0 Å². The van der Waals surface area contributed by atoms with Gasteiger partial charge >= 0.3 is 0 Å². The van der Waals surface area contributed by atoms with Gasteiger partial charge in [0.2, 0.25) is 0 Å². The van der Waals surface area contributed by atoms with Gasteiger partial charge in [-0.3, -0.25) is 0 Å². The third-order valence-electron chi connectivity index (χ3n) is 2.76. The molecular weight excluding hydrogens is 286 g/mol. The second-order valence-electron chi connectivity index (χ2n) is 5.94. The zero-order chi connectivity index (χ0) is 15.0. The summed E-state index contributed by atoms with van der Waals surface area (Å²) in [6.45, 7) is 14.0. The van der Waals surface area contributed by atoms with Gasteiger partial charge in [-0.15, -0.1) is 12.4 Å². The molecule has 0 aliphatic carbocycles. The highest BCUT2D eigenvalue weighted by molar-refractivity contribution is 5.85. The molecule has 0 heterocycles. The van der Waals surface area contributed by atoms with Gasteiger partial charge in [-0.2, -0.15) is 0 Å². The third-order valence-corrected chi connectivity index (χ3v) is 2.76. The Kier molecular flexibility index (Phi) is 10.3. The molecule has 4 heteroatoms. The number of halogens is 1. The summed E-state index contributed by atoms with van der Waals surface area (Å²) in [7, 11) is 0. The smallest absolute Gasteiger partial charge is 0.161 e. The normalized spacial score (nSPS) is 10.6. The summed E-state index contributed by atoms with van der Waals surface area (Å²) in [5.74, 6) is 2.86. The van der Waals surface area contributed by atoms with Crippen molar-refractivity contribution in [3.05, 3.63) is 23.8 Å². The number of benzene rings is 1. The molecule has 0 aromatic heterocycles. The highest BCUT2D eigenvalue weighted by Gasteiger charge is 2.07. The van der Waals surface area contributed by atoms with Gasteiger partial charge in [0.1, 0.15) is 0 Å². The summed E-state index contributed by atoms with van der Waals surface area (Å²) in [4.78, 5) is 0. The Hall–Kier alpha value is -0.930. The summed E-state index contributed by atoms with van der Waals surface area (Å²) in [5.41, 5.74) is 1.23. The van der Waals surface area contributed by atoms with E-state index in [0.717, 1.165) is 24.6 Å². The summed E-state index contributed by atoms with van der Waals surface area (Å²) in [6, 6.07) is 6.19.